The molecular formula is C61H34N4OS2. The molecule has 0 bridgehead atoms. The van der Waals surface area contributed by atoms with E-state index in [1.807, 2.05) is 12.1 Å². The lowest BCUT2D eigenvalue weighted by atomic mass is 9.96. The van der Waals surface area contributed by atoms with Crippen molar-refractivity contribution in [2.45, 2.75) is 0 Å². The van der Waals surface area contributed by atoms with Crippen LogP contribution in [-0.2, 0) is 0 Å². The second-order valence-corrected chi connectivity index (χ2v) is 19.7. The highest BCUT2D eigenvalue weighted by molar-refractivity contribution is 7.26. The van der Waals surface area contributed by atoms with E-state index in [2.05, 4.69) is 199 Å². The summed E-state index contributed by atoms with van der Waals surface area (Å²) in [7, 11) is 0. The Morgan fingerprint density at radius 1 is 0.338 bits per heavy atom. The summed E-state index contributed by atoms with van der Waals surface area (Å²) in [4.78, 5) is 16.2. The molecule has 0 unspecified atom stereocenters. The minimum Gasteiger partial charge on any atom is -0.455 e. The summed E-state index contributed by atoms with van der Waals surface area (Å²) in [5.74, 6) is 1.82. The highest BCUT2D eigenvalue weighted by Gasteiger charge is 2.23. The van der Waals surface area contributed by atoms with E-state index in [9.17, 15) is 0 Å². The fourth-order valence-corrected chi connectivity index (χ4v) is 12.8. The molecule has 0 aliphatic carbocycles. The number of para-hydroxylation sites is 3. The van der Waals surface area contributed by atoms with Crippen LogP contribution in [-0.4, -0.2) is 19.5 Å². The Labute approximate surface area is 396 Å². The second kappa shape index (κ2) is 14.5. The third-order valence-corrected chi connectivity index (χ3v) is 15.9. The number of nitrogens with zero attached hydrogens (tertiary/aromatic N) is 4. The maximum atomic E-state index is 6.81. The van der Waals surface area contributed by atoms with Crippen LogP contribution in [0, 0.1) is 0 Å². The van der Waals surface area contributed by atoms with Crippen LogP contribution in [0.15, 0.2) is 211 Å². The van der Waals surface area contributed by atoms with Gasteiger partial charge in [0.15, 0.2) is 17.5 Å². The van der Waals surface area contributed by atoms with Crippen molar-refractivity contribution in [2.24, 2.45) is 0 Å². The molecule has 68 heavy (non-hydrogen) atoms. The van der Waals surface area contributed by atoms with Crippen molar-refractivity contribution in [1.29, 1.82) is 0 Å². The van der Waals surface area contributed by atoms with Crippen molar-refractivity contribution in [3.05, 3.63) is 206 Å². The van der Waals surface area contributed by atoms with Gasteiger partial charge in [-0.05, 0) is 83.1 Å². The highest BCUT2D eigenvalue weighted by atomic mass is 32.1. The highest BCUT2D eigenvalue weighted by Crippen LogP contribution is 2.44. The van der Waals surface area contributed by atoms with E-state index in [1.165, 1.54) is 61.9 Å². The van der Waals surface area contributed by atoms with Gasteiger partial charge in [-0.1, -0.05) is 140 Å². The van der Waals surface area contributed by atoms with Crippen LogP contribution in [0.3, 0.4) is 0 Å². The second-order valence-electron chi connectivity index (χ2n) is 17.5. The van der Waals surface area contributed by atoms with Crippen molar-refractivity contribution in [3.8, 4) is 51.0 Å². The van der Waals surface area contributed by atoms with Gasteiger partial charge in [0.05, 0.1) is 11.0 Å². The number of rotatable bonds is 5. The molecule has 7 heteroatoms. The number of thiophene rings is 2. The zero-order chi connectivity index (χ0) is 44.5. The van der Waals surface area contributed by atoms with Gasteiger partial charge in [0.1, 0.15) is 11.2 Å². The summed E-state index contributed by atoms with van der Waals surface area (Å²) in [5, 5.41) is 11.9. The molecule has 0 N–H and O–H groups in total. The van der Waals surface area contributed by atoms with Gasteiger partial charge in [0.2, 0.25) is 0 Å². The van der Waals surface area contributed by atoms with Gasteiger partial charge in [-0.3, -0.25) is 0 Å². The Hall–Kier alpha value is -8.49. The Morgan fingerprint density at radius 3 is 1.63 bits per heavy atom. The summed E-state index contributed by atoms with van der Waals surface area (Å²) in [6, 6.07) is 73.9. The standard InChI is InChI=1S/C61H34N4OS2/c1-2-13-36-31-52-50(30-35(36)12-1)40-14-3-7-20-51(40)65(52)39-26-29-48(49(34-39)47-19-11-18-46-41-15-4-8-21-53(41)66-58(46)47)61-63-59(37-24-27-44-42-16-5-9-22-54(42)67-56(44)32-37)62-60(64-61)38-25-28-45-43-17-6-10-23-55(43)68-57(45)33-38/h1-34H. The Morgan fingerprint density at radius 2 is 0.912 bits per heavy atom. The summed E-state index contributed by atoms with van der Waals surface area (Å²) in [5.41, 5.74) is 9.65. The smallest absolute Gasteiger partial charge is 0.164 e. The molecule has 0 fully saturated rings. The van der Waals surface area contributed by atoms with Gasteiger partial charge in [0, 0.05) is 89.8 Å². The van der Waals surface area contributed by atoms with E-state index >= 15 is 0 Å². The number of aromatic nitrogens is 4. The number of benzene rings is 10. The average molecular weight is 903 g/mol. The topological polar surface area (TPSA) is 56.7 Å². The minimum atomic E-state index is 0.584. The summed E-state index contributed by atoms with van der Waals surface area (Å²) in [6.07, 6.45) is 0. The normalized spacial score (nSPS) is 12.1. The maximum Gasteiger partial charge on any atom is 0.164 e. The van der Waals surface area contributed by atoms with Gasteiger partial charge in [-0.25, -0.2) is 15.0 Å². The zero-order valence-corrected chi connectivity index (χ0v) is 37.8. The fourth-order valence-electron chi connectivity index (χ4n) is 10.5. The van der Waals surface area contributed by atoms with Gasteiger partial charge < -0.3 is 8.98 Å². The first-order chi connectivity index (χ1) is 33.7. The molecule has 0 atom stereocenters. The van der Waals surface area contributed by atoms with Crippen molar-refractivity contribution in [2.75, 3.05) is 0 Å². The molecule has 0 aliphatic rings. The van der Waals surface area contributed by atoms with Gasteiger partial charge >= 0.3 is 0 Å². The zero-order valence-electron chi connectivity index (χ0n) is 36.1. The van der Waals surface area contributed by atoms with Crippen LogP contribution >= 0.6 is 22.7 Å². The van der Waals surface area contributed by atoms with E-state index < -0.39 is 0 Å². The first-order valence-electron chi connectivity index (χ1n) is 22.7. The van der Waals surface area contributed by atoms with Gasteiger partial charge in [-0.15, -0.1) is 22.7 Å². The summed E-state index contributed by atoms with van der Waals surface area (Å²) in [6.45, 7) is 0. The number of furan rings is 1. The third kappa shape index (κ3) is 5.70. The van der Waals surface area contributed by atoms with Crippen LogP contribution in [0.5, 0.6) is 0 Å². The van der Waals surface area contributed by atoms with Crippen LogP contribution < -0.4 is 0 Å². The van der Waals surface area contributed by atoms with E-state index in [1.54, 1.807) is 22.7 Å². The Kier molecular flexibility index (Phi) is 8.04. The molecule has 0 amide bonds. The number of hydrogen-bond acceptors (Lipinski definition) is 6. The molecule has 10 aromatic carbocycles. The SMILES string of the molecule is c1ccc2cc3c(cc2c1)c1ccccc1n3-c1ccc(-c2nc(-c3ccc4c(c3)sc3ccccc34)nc(-c3ccc4c(c3)sc3ccccc34)n2)c(-c2cccc3c2oc2ccccc23)c1. The molecule has 5 nitrogen and oxygen atoms in total. The summed E-state index contributed by atoms with van der Waals surface area (Å²) < 4.78 is 14.1. The van der Waals surface area contributed by atoms with Crippen molar-refractivity contribution in [1.82, 2.24) is 19.5 Å². The first-order valence-corrected chi connectivity index (χ1v) is 24.4. The van der Waals surface area contributed by atoms with Crippen molar-refractivity contribution < 1.29 is 4.42 Å². The van der Waals surface area contributed by atoms with Crippen LogP contribution in [0.2, 0.25) is 0 Å². The van der Waals surface area contributed by atoms with Crippen LogP contribution in [0.1, 0.15) is 0 Å². The molecule has 0 aliphatic heterocycles. The largest absolute Gasteiger partial charge is 0.455 e. The number of fused-ring (bicyclic) bond motifs is 13. The van der Waals surface area contributed by atoms with Crippen LogP contribution in [0.25, 0.3) is 146 Å². The third-order valence-electron chi connectivity index (χ3n) is 13.6. The molecule has 316 valence electrons. The van der Waals surface area contributed by atoms with E-state index in [4.69, 9.17) is 19.4 Å². The van der Waals surface area contributed by atoms with E-state index in [0.29, 0.717) is 17.5 Å². The molecule has 5 aromatic heterocycles. The Bertz CT molecular complexity index is 4460. The predicted octanol–water partition coefficient (Wildman–Crippen LogP) is 17.4. The van der Waals surface area contributed by atoms with Crippen LogP contribution in [0.4, 0.5) is 0 Å². The molecule has 15 rings (SSSR count). The Balaban J connectivity index is 1.01. The van der Waals surface area contributed by atoms with Crippen molar-refractivity contribution >= 4 is 118 Å². The molecule has 0 saturated carbocycles. The molecule has 0 spiro atoms. The molecular weight excluding hydrogens is 869 g/mol. The average Bonchev–Trinajstić information content (AvgIpc) is 4.16. The van der Waals surface area contributed by atoms with E-state index in [0.717, 1.165) is 66.5 Å². The summed E-state index contributed by atoms with van der Waals surface area (Å²) >= 11 is 3.59. The van der Waals surface area contributed by atoms with Gasteiger partial charge in [-0.2, -0.15) is 0 Å². The van der Waals surface area contributed by atoms with E-state index in [-0.39, 0.29) is 0 Å². The van der Waals surface area contributed by atoms with Crippen molar-refractivity contribution in [3.63, 3.8) is 0 Å². The van der Waals surface area contributed by atoms with Gasteiger partial charge in [0.25, 0.3) is 0 Å². The minimum absolute atomic E-state index is 0.584. The number of hydrogen-bond donors (Lipinski definition) is 0. The lowest BCUT2D eigenvalue weighted by Crippen LogP contribution is -2.02. The predicted molar refractivity (Wildman–Crippen MR) is 286 cm³/mol. The lowest BCUT2D eigenvalue weighted by molar-refractivity contribution is 0.670. The molecule has 0 saturated heterocycles. The molecule has 0 radical (unpaired) electrons. The molecule has 15 aromatic rings. The monoisotopic (exact) mass is 902 g/mol. The lowest BCUT2D eigenvalue weighted by Gasteiger charge is -2.16. The first kappa shape index (κ1) is 37.7. The quantitative estimate of drug-likeness (QED) is 0.173. The maximum absolute atomic E-state index is 6.81. The fraction of sp³-hybridized carbons (Fsp3) is 0. The molecule has 5 heterocycles.